The normalized spacial score (nSPS) is 20.2. The molecule has 26 heavy (non-hydrogen) atoms. The summed E-state index contributed by atoms with van der Waals surface area (Å²) >= 11 is 0. The summed E-state index contributed by atoms with van der Waals surface area (Å²) in [5, 5.41) is 8.32. The van der Waals surface area contributed by atoms with Gasteiger partial charge >= 0.3 is 0 Å². The summed E-state index contributed by atoms with van der Waals surface area (Å²) in [4.78, 5) is 2.32. The Balaban J connectivity index is 1.64. The molecular weight excluding hydrogens is 328 g/mol. The first-order chi connectivity index (χ1) is 12.6. The minimum Gasteiger partial charge on any atom is -0.383 e. The molecule has 2 atom stereocenters. The molecule has 7 nitrogen and oxygen atoms in total. The van der Waals surface area contributed by atoms with Gasteiger partial charge in [-0.1, -0.05) is 23.8 Å². The highest BCUT2D eigenvalue weighted by molar-refractivity contribution is 5.34. The van der Waals surface area contributed by atoms with Gasteiger partial charge in [-0.25, -0.2) is 5.43 Å². The first-order valence-corrected chi connectivity index (χ1v) is 9.18. The van der Waals surface area contributed by atoms with Crippen molar-refractivity contribution in [2.45, 2.75) is 33.0 Å². The number of hydrogen-bond donors (Lipinski definition) is 2. The van der Waals surface area contributed by atoms with Crippen molar-refractivity contribution in [3.63, 3.8) is 0 Å². The van der Waals surface area contributed by atoms with Crippen LogP contribution in [-0.4, -0.2) is 53.5 Å². The molecule has 1 aromatic carbocycles. The molecule has 2 heterocycles. The number of aromatic nitrogens is 3. The van der Waals surface area contributed by atoms with Gasteiger partial charge in [-0.2, -0.15) is 0 Å². The molecule has 0 radical (unpaired) electrons. The van der Waals surface area contributed by atoms with Crippen molar-refractivity contribution in [3.05, 3.63) is 47.0 Å². The Morgan fingerprint density at radius 1 is 1.35 bits per heavy atom. The van der Waals surface area contributed by atoms with Gasteiger partial charge in [0.2, 0.25) is 0 Å². The van der Waals surface area contributed by atoms with Crippen LogP contribution in [0, 0.1) is 19.8 Å². The van der Waals surface area contributed by atoms with Gasteiger partial charge in [-0.05, 0) is 32.0 Å². The molecule has 0 aliphatic carbocycles. The van der Waals surface area contributed by atoms with Crippen molar-refractivity contribution < 1.29 is 4.74 Å². The molecule has 0 saturated carbocycles. The second-order valence-electron chi connectivity index (χ2n) is 7.25. The molecule has 7 heteroatoms. The SMILES string of the molecule is COCCn1cnnc1CN(C)CC1CNNC1c1cc(C)ccc1C. The minimum absolute atomic E-state index is 0.323. The van der Waals surface area contributed by atoms with E-state index in [0.29, 0.717) is 18.6 Å². The number of ether oxygens (including phenoxy) is 1. The zero-order chi connectivity index (χ0) is 18.5. The first kappa shape index (κ1) is 19.0. The van der Waals surface area contributed by atoms with Crippen LogP contribution in [0.5, 0.6) is 0 Å². The van der Waals surface area contributed by atoms with E-state index in [4.69, 9.17) is 4.74 Å². The topological polar surface area (TPSA) is 67.2 Å². The molecule has 1 aliphatic rings. The molecule has 2 unspecified atom stereocenters. The van der Waals surface area contributed by atoms with Gasteiger partial charge in [0.05, 0.1) is 19.2 Å². The van der Waals surface area contributed by atoms with E-state index in [9.17, 15) is 0 Å². The number of methoxy groups -OCH3 is 1. The van der Waals surface area contributed by atoms with Crippen LogP contribution in [0.3, 0.4) is 0 Å². The number of hydrazine groups is 1. The third kappa shape index (κ3) is 4.48. The molecule has 3 rings (SSSR count). The summed E-state index contributed by atoms with van der Waals surface area (Å²) in [6, 6.07) is 7.01. The van der Waals surface area contributed by atoms with Gasteiger partial charge in [0.25, 0.3) is 0 Å². The minimum atomic E-state index is 0.323. The maximum Gasteiger partial charge on any atom is 0.147 e. The van der Waals surface area contributed by atoms with Crippen LogP contribution in [0.4, 0.5) is 0 Å². The molecular formula is C19H30N6O. The van der Waals surface area contributed by atoms with E-state index in [-0.39, 0.29) is 0 Å². The van der Waals surface area contributed by atoms with Crippen molar-refractivity contribution in [1.82, 2.24) is 30.5 Å². The summed E-state index contributed by atoms with van der Waals surface area (Å²) in [6.07, 6.45) is 1.78. The van der Waals surface area contributed by atoms with Gasteiger partial charge in [0, 0.05) is 32.7 Å². The number of hydrogen-bond acceptors (Lipinski definition) is 6. The second kappa shape index (κ2) is 8.73. The fraction of sp³-hybridized carbons (Fsp3) is 0.579. The summed E-state index contributed by atoms with van der Waals surface area (Å²) < 4.78 is 7.22. The van der Waals surface area contributed by atoms with E-state index in [1.165, 1.54) is 16.7 Å². The van der Waals surface area contributed by atoms with Crippen molar-refractivity contribution in [2.75, 3.05) is 33.9 Å². The van der Waals surface area contributed by atoms with Gasteiger partial charge in [-0.3, -0.25) is 10.3 Å². The number of aryl methyl sites for hydroxylation is 2. The highest BCUT2D eigenvalue weighted by Crippen LogP contribution is 2.28. The van der Waals surface area contributed by atoms with Gasteiger partial charge in [-0.15, -0.1) is 10.2 Å². The Labute approximate surface area is 155 Å². The van der Waals surface area contributed by atoms with Crippen molar-refractivity contribution in [2.24, 2.45) is 5.92 Å². The standard InChI is InChI=1S/C19H30N6O/c1-14-5-6-15(2)17(9-14)19-16(10-20-23-19)11-24(3)12-18-22-21-13-25(18)7-8-26-4/h5-6,9,13,16,19-20,23H,7-8,10-12H2,1-4H3. The predicted octanol–water partition coefficient (Wildman–Crippen LogP) is 1.44. The smallest absolute Gasteiger partial charge is 0.147 e. The summed E-state index contributed by atoms with van der Waals surface area (Å²) in [6.45, 7) is 8.51. The first-order valence-electron chi connectivity index (χ1n) is 9.18. The molecule has 1 aromatic heterocycles. The Bertz CT molecular complexity index is 716. The van der Waals surface area contributed by atoms with E-state index < -0.39 is 0 Å². The number of benzene rings is 1. The molecule has 0 spiro atoms. The average molecular weight is 358 g/mol. The summed E-state index contributed by atoms with van der Waals surface area (Å²) in [7, 11) is 3.86. The molecule has 1 fully saturated rings. The van der Waals surface area contributed by atoms with E-state index in [2.05, 4.69) is 69.6 Å². The Kier molecular flexibility index (Phi) is 6.37. The van der Waals surface area contributed by atoms with Crippen molar-refractivity contribution >= 4 is 0 Å². The Morgan fingerprint density at radius 3 is 3.00 bits per heavy atom. The lowest BCUT2D eigenvalue weighted by Crippen LogP contribution is -2.31. The van der Waals surface area contributed by atoms with E-state index in [0.717, 1.165) is 32.0 Å². The van der Waals surface area contributed by atoms with Crippen LogP contribution in [0.25, 0.3) is 0 Å². The zero-order valence-corrected chi connectivity index (χ0v) is 16.2. The lowest BCUT2D eigenvalue weighted by atomic mass is 9.90. The summed E-state index contributed by atoms with van der Waals surface area (Å²) in [5.74, 6) is 1.47. The van der Waals surface area contributed by atoms with Crippen LogP contribution in [0.2, 0.25) is 0 Å². The van der Waals surface area contributed by atoms with E-state index in [1.54, 1.807) is 13.4 Å². The summed E-state index contributed by atoms with van der Waals surface area (Å²) in [5.41, 5.74) is 10.8. The Hall–Kier alpha value is -1.80. The molecule has 0 bridgehead atoms. The zero-order valence-electron chi connectivity index (χ0n) is 16.2. The molecule has 1 saturated heterocycles. The highest BCUT2D eigenvalue weighted by atomic mass is 16.5. The van der Waals surface area contributed by atoms with Crippen LogP contribution in [0.15, 0.2) is 24.5 Å². The maximum absolute atomic E-state index is 5.16. The maximum atomic E-state index is 5.16. The molecule has 0 amide bonds. The molecule has 2 aromatic rings. The van der Waals surface area contributed by atoms with Crippen LogP contribution >= 0.6 is 0 Å². The van der Waals surface area contributed by atoms with Crippen LogP contribution in [0.1, 0.15) is 28.6 Å². The van der Waals surface area contributed by atoms with E-state index >= 15 is 0 Å². The number of rotatable bonds is 8. The predicted molar refractivity (Wildman–Crippen MR) is 102 cm³/mol. The second-order valence-corrected chi connectivity index (χ2v) is 7.25. The average Bonchev–Trinajstić information content (AvgIpc) is 3.24. The fourth-order valence-electron chi connectivity index (χ4n) is 3.62. The highest BCUT2D eigenvalue weighted by Gasteiger charge is 2.30. The third-order valence-corrected chi connectivity index (χ3v) is 5.05. The number of nitrogens with zero attached hydrogens (tertiary/aromatic N) is 4. The molecule has 1 aliphatic heterocycles. The lowest BCUT2D eigenvalue weighted by Gasteiger charge is -2.26. The lowest BCUT2D eigenvalue weighted by molar-refractivity contribution is 0.184. The molecule has 142 valence electrons. The van der Waals surface area contributed by atoms with Gasteiger partial charge in [0.15, 0.2) is 0 Å². The molecule has 2 N–H and O–H groups in total. The van der Waals surface area contributed by atoms with E-state index in [1.807, 2.05) is 0 Å². The third-order valence-electron chi connectivity index (χ3n) is 5.05. The van der Waals surface area contributed by atoms with Gasteiger partial charge in [0.1, 0.15) is 12.2 Å². The largest absolute Gasteiger partial charge is 0.383 e. The quantitative estimate of drug-likeness (QED) is 0.744. The van der Waals surface area contributed by atoms with Crippen LogP contribution in [-0.2, 0) is 17.8 Å². The number of nitrogens with one attached hydrogen (secondary N) is 2. The fourth-order valence-corrected chi connectivity index (χ4v) is 3.62. The van der Waals surface area contributed by atoms with Crippen LogP contribution < -0.4 is 10.9 Å². The monoisotopic (exact) mass is 358 g/mol. The van der Waals surface area contributed by atoms with Crippen molar-refractivity contribution in [3.8, 4) is 0 Å². The van der Waals surface area contributed by atoms with Gasteiger partial charge < -0.3 is 9.30 Å². The Morgan fingerprint density at radius 2 is 2.19 bits per heavy atom. The van der Waals surface area contributed by atoms with Crippen molar-refractivity contribution in [1.29, 1.82) is 0 Å².